The van der Waals surface area contributed by atoms with E-state index in [9.17, 15) is 9.59 Å². The molecule has 0 spiro atoms. The normalized spacial score (nSPS) is 20.2. The molecule has 2 aliphatic rings. The Kier molecular flexibility index (Phi) is 8.87. The molecule has 2 amide bonds. The third kappa shape index (κ3) is 8.50. The molecule has 2 fully saturated rings. The summed E-state index contributed by atoms with van der Waals surface area (Å²) in [4.78, 5) is 27.0. The van der Waals surface area contributed by atoms with E-state index in [1.165, 1.54) is 38.5 Å². The molecule has 0 aromatic heterocycles. The second-order valence-corrected chi connectivity index (χ2v) is 9.08. The summed E-state index contributed by atoms with van der Waals surface area (Å²) in [6.45, 7) is 8.83. The first kappa shape index (κ1) is 22.0. The molecule has 1 saturated heterocycles. The molecule has 1 aliphatic carbocycles. The van der Waals surface area contributed by atoms with Crippen molar-refractivity contribution in [3.8, 4) is 0 Å². The van der Waals surface area contributed by atoms with E-state index in [0.29, 0.717) is 6.42 Å². The predicted molar refractivity (Wildman–Crippen MR) is 108 cm³/mol. The summed E-state index contributed by atoms with van der Waals surface area (Å²) in [5.41, 5.74) is -0.567. The standard InChI is InChI=1S/C21H39N3O3/c1-21(2,3)27-20(26)23-18(19(25)24-14-8-5-9-15-24)12-13-22-16-17-10-6-4-7-11-17/h17-18,22H,4-16H2,1-3H3,(H,23,26)/t18-/m0/s1. The van der Waals surface area contributed by atoms with Gasteiger partial charge in [-0.3, -0.25) is 4.79 Å². The SMILES string of the molecule is CC(C)(C)OC(=O)N[C@@H](CCNCC1CCCCC1)C(=O)N1CCCCC1. The van der Waals surface area contributed by atoms with Crippen molar-refractivity contribution >= 4 is 12.0 Å². The number of amides is 2. The number of alkyl carbamates (subject to hydrolysis) is 1. The number of ether oxygens (including phenoxy) is 1. The molecule has 6 nitrogen and oxygen atoms in total. The van der Waals surface area contributed by atoms with Crippen molar-refractivity contribution in [3.05, 3.63) is 0 Å². The van der Waals surface area contributed by atoms with Gasteiger partial charge in [-0.1, -0.05) is 19.3 Å². The molecule has 1 saturated carbocycles. The highest BCUT2D eigenvalue weighted by Crippen LogP contribution is 2.22. The lowest BCUT2D eigenvalue weighted by Gasteiger charge is -2.31. The first-order valence-corrected chi connectivity index (χ1v) is 10.8. The summed E-state index contributed by atoms with van der Waals surface area (Å²) < 4.78 is 5.37. The number of rotatable bonds is 7. The Morgan fingerprint density at radius 1 is 1.04 bits per heavy atom. The smallest absolute Gasteiger partial charge is 0.408 e. The van der Waals surface area contributed by atoms with Gasteiger partial charge in [0.2, 0.25) is 5.91 Å². The van der Waals surface area contributed by atoms with E-state index in [4.69, 9.17) is 4.74 Å². The summed E-state index contributed by atoms with van der Waals surface area (Å²) in [6, 6.07) is -0.517. The fourth-order valence-electron chi connectivity index (χ4n) is 3.99. The maximum absolute atomic E-state index is 12.9. The van der Waals surface area contributed by atoms with E-state index in [2.05, 4.69) is 10.6 Å². The van der Waals surface area contributed by atoms with Crippen LogP contribution in [0.5, 0.6) is 0 Å². The lowest BCUT2D eigenvalue weighted by Crippen LogP contribution is -2.51. The summed E-state index contributed by atoms with van der Waals surface area (Å²) in [5.74, 6) is 0.786. The molecule has 1 aliphatic heterocycles. The summed E-state index contributed by atoms with van der Waals surface area (Å²) in [5, 5.41) is 6.32. The Balaban J connectivity index is 1.83. The second-order valence-electron chi connectivity index (χ2n) is 9.08. The lowest BCUT2D eigenvalue weighted by molar-refractivity contribution is -0.134. The van der Waals surface area contributed by atoms with Crippen LogP contribution in [0.3, 0.4) is 0 Å². The fraction of sp³-hybridized carbons (Fsp3) is 0.905. The van der Waals surface area contributed by atoms with Gasteiger partial charge in [0.1, 0.15) is 11.6 Å². The molecule has 0 bridgehead atoms. The van der Waals surface area contributed by atoms with Gasteiger partial charge in [0.25, 0.3) is 0 Å². The van der Waals surface area contributed by atoms with Crippen LogP contribution in [0.15, 0.2) is 0 Å². The van der Waals surface area contributed by atoms with Crippen molar-refractivity contribution in [3.63, 3.8) is 0 Å². The highest BCUT2D eigenvalue weighted by Gasteiger charge is 2.28. The molecule has 0 aromatic carbocycles. The second kappa shape index (κ2) is 10.9. The van der Waals surface area contributed by atoms with Gasteiger partial charge in [0.15, 0.2) is 0 Å². The van der Waals surface area contributed by atoms with Crippen molar-refractivity contribution < 1.29 is 14.3 Å². The van der Waals surface area contributed by atoms with E-state index < -0.39 is 17.7 Å². The Labute approximate surface area is 164 Å². The first-order valence-electron chi connectivity index (χ1n) is 10.8. The van der Waals surface area contributed by atoms with E-state index in [-0.39, 0.29) is 5.91 Å². The van der Waals surface area contributed by atoms with Crippen molar-refractivity contribution in [1.82, 2.24) is 15.5 Å². The summed E-state index contributed by atoms with van der Waals surface area (Å²) in [7, 11) is 0. The van der Waals surface area contributed by atoms with Gasteiger partial charge < -0.3 is 20.3 Å². The fourth-order valence-corrected chi connectivity index (χ4v) is 3.99. The van der Waals surface area contributed by atoms with Crippen LogP contribution in [0.4, 0.5) is 4.79 Å². The number of nitrogens with zero attached hydrogens (tertiary/aromatic N) is 1. The monoisotopic (exact) mass is 381 g/mol. The van der Waals surface area contributed by atoms with Gasteiger partial charge in [-0.2, -0.15) is 0 Å². The Morgan fingerprint density at radius 2 is 1.67 bits per heavy atom. The predicted octanol–water partition coefficient (Wildman–Crippen LogP) is 3.45. The average molecular weight is 382 g/mol. The van der Waals surface area contributed by atoms with Crippen LogP contribution in [0.25, 0.3) is 0 Å². The van der Waals surface area contributed by atoms with Gasteiger partial charge in [-0.05, 0) is 78.3 Å². The number of hydrogen-bond acceptors (Lipinski definition) is 4. The molecule has 27 heavy (non-hydrogen) atoms. The van der Waals surface area contributed by atoms with Crippen LogP contribution in [0.2, 0.25) is 0 Å². The summed E-state index contributed by atoms with van der Waals surface area (Å²) >= 11 is 0. The van der Waals surface area contributed by atoms with Crippen LogP contribution in [-0.4, -0.2) is 54.7 Å². The van der Waals surface area contributed by atoms with Gasteiger partial charge in [0, 0.05) is 13.1 Å². The molecule has 6 heteroatoms. The highest BCUT2D eigenvalue weighted by atomic mass is 16.6. The molecular formula is C21H39N3O3. The topological polar surface area (TPSA) is 70.7 Å². The Morgan fingerprint density at radius 3 is 2.30 bits per heavy atom. The van der Waals surface area contributed by atoms with Crippen LogP contribution in [-0.2, 0) is 9.53 Å². The van der Waals surface area contributed by atoms with Crippen molar-refractivity contribution in [2.75, 3.05) is 26.2 Å². The third-order valence-electron chi connectivity index (χ3n) is 5.42. The number of likely N-dealkylation sites (tertiary alicyclic amines) is 1. The van der Waals surface area contributed by atoms with Gasteiger partial charge in [-0.15, -0.1) is 0 Å². The molecule has 1 atom stereocenters. The quantitative estimate of drug-likeness (QED) is 0.663. The van der Waals surface area contributed by atoms with Crippen LogP contribution in [0, 0.1) is 5.92 Å². The number of carbonyl (C=O) groups is 2. The lowest BCUT2D eigenvalue weighted by atomic mass is 9.89. The maximum Gasteiger partial charge on any atom is 0.408 e. The van der Waals surface area contributed by atoms with Crippen LogP contribution < -0.4 is 10.6 Å². The Hall–Kier alpha value is -1.30. The van der Waals surface area contributed by atoms with Crippen LogP contribution in [0.1, 0.15) is 78.6 Å². The van der Waals surface area contributed by atoms with Crippen LogP contribution >= 0.6 is 0 Å². The molecular weight excluding hydrogens is 342 g/mol. The molecule has 1 heterocycles. The van der Waals surface area contributed by atoms with Crippen molar-refractivity contribution in [2.45, 2.75) is 90.2 Å². The average Bonchev–Trinajstić information content (AvgIpc) is 2.63. The number of nitrogens with one attached hydrogen (secondary N) is 2. The van der Waals surface area contributed by atoms with E-state index in [0.717, 1.165) is 44.9 Å². The Bertz CT molecular complexity index is 464. The molecule has 0 radical (unpaired) electrons. The number of piperidine rings is 1. The van der Waals surface area contributed by atoms with Gasteiger partial charge in [0.05, 0.1) is 0 Å². The maximum atomic E-state index is 12.9. The number of hydrogen-bond donors (Lipinski definition) is 2. The van der Waals surface area contributed by atoms with Crippen molar-refractivity contribution in [2.24, 2.45) is 5.92 Å². The van der Waals surface area contributed by atoms with E-state index in [1.54, 1.807) is 0 Å². The molecule has 156 valence electrons. The summed E-state index contributed by atoms with van der Waals surface area (Å²) in [6.07, 6.45) is 10.0. The minimum Gasteiger partial charge on any atom is -0.444 e. The number of carbonyl (C=O) groups excluding carboxylic acids is 2. The van der Waals surface area contributed by atoms with Gasteiger partial charge >= 0.3 is 6.09 Å². The third-order valence-corrected chi connectivity index (χ3v) is 5.42. The van der Waals surface area contributed by atoms with E-state index in [1.807, 2.05) is 25.7 Å². The zero-order valence-corrected chi connectivity index (χ0v) is 17.5. The zero-order chi connectivity index (χ0) is 19.7. The largest absolute Gasteiger partial charge is 0.444 e. The van der Waals surface area contributed by atoms with E-state index >= 15 is 0 Å². The molecule has 0 unspecified atom stereocenters. The molecule has 0 aromatic rings. The molecule has 2 rings (SSSR count). The van der Waals surface area contributed by atoms with Crippen molar-refractivity contribution in [1.29, 1.82) is 0 Å². The molecule has 2 N–H and O–H groups in total. The van der Waals surface area contributed by atoms with Gasteiger partial charge in [-0.25, -0.2) is 4.79 Å². The zero-order valence-electron chi connectivity index (χ0n) is 17.5. The highest BCUT2D eigenvalue weighted by molar-refractivity contribution is 5.85. The minimum absolute atomic E-state index is 0.0278. The minimum atomic E-state index is -0.567. The first-order chi connectivity index (χ1) is 12.8.